The van der Waals surface area contributed by atoms with E-state index in [1.165, 1.54) is 29.0 Å². The summed E-state index contributed by atoms with van der Waals surface area (Å²) in [4.78, 5) is 27.2. The zero-order valence-corrected chi connectivity index (χ0v) is 14.9. The van der Waals surface area contributed by atoms with Gasteiger partial charge in [-0.05, 0) is 18.2 Å². The number of carbonyl (C=O) groups excluding carboxylic acids is 1. The molecule has 9 heteroatoms. The van der Waals surface area contributed by atoms with E-state index in [4.69, 9.17) is 11.6 Å². The van der Waals surface area contributed by atoms with Gasteiger partial charge in [0.2, 0.25) is 5.75 Å². The van der Waals surface area contributed by atoms with Gasteiger partial charge in [-0.3, -0.25) is 14.9 Å². The van der Waals surface area contributed by atoms with E-state index in [9.17, 15) is 20.0 Å². The van der Waals surface area contributed by atoms with E-state index in [0.717, 1.165) is 11.6 Å². The van der Waals surface area contributed by atoms with Gasteiger partial charge in [0.25, 0.3) is 0 Å². The number of hydrogen-bond acceptors (Lipinski definition) is 6. The number of halogens is 1. The highest BCUT2D eigenvalue weighted by Gasteiger charge is 2.22. The van der Waals surface area contributed by atoms with Crippen molar-refractivity contribution in [2.75, 3.05) is 0 Å². The molecule has 138 valence electrons. The molecule has 0 fully saturated rings. The summed E-state index contributed by atoms with van der Waals surface area (Å²) in [5.41, 5.74) is 1.41. The Bertz CT molecular complexity index is 1230. The predicted octanol–water partition coefficient (Wildman–Crippen LogP) is 3.89. The molecule has 2 aromatic heterocycles. The summed E-state index contributed by atoms with van der Waals surface area (Å²) < 4.78 is 1.44. The Hall–Kier alpha value is -3.78. The Kier molecular flexibility index (Phi) is 4.25. The number of hydrogen-bond donors (Lipinski definition) is 1. The Morgan fingerprint density at radius 1 is 1.18 bits per heavy atom. The first kappa shape index (κ1) is 17.6. The highest BCUT2D eigenvalue weighted by Crippen LogP contribution is 2.31. The lowest BCUT2D eigenvalue weighted by molar-refractivity contribution is -0.385. The van der Waals surface area contributed by atoms with Gasteiger partial charge in [-0.15, -0.1) is 0 Å². The number of aromatic hydroxyl groups is 1. The second-order valence-corrected chi connectivity index (χ2v) is 6.38. The van der Waals surface area contributed by atoms with Crippen molar-refractivity contribution in [2.45, 2.75) is 0 Å². The van der Waals surface area contributed by atoms with Crippen molar-refractivity contribution in [3.05, 3.63) is 87.2 Å². The van der Waals surface area contributed by atoms with Gasteiger partial charge in [-0.25, -0.2) is 9.50 Å². The molecule has 0 aliphatic heterocycles. The lowest BCUT2D eigenvalue weighted by atomic mass is 10.0. The minimum Gasteiger partial charge on any atom is -0.502 e. The monoisotopic (exact) mass is 394 g/mol. The van der Waals surface area contributed by atoms with Crippen LogP contribution >= 0.6 is 11.6 Å². The molecule has 0 aliphatic rings. The van der Waals surface area contributed by atoms with E-state index in [-0.39, 0.29) is 11.1 Å². The third-order valence-electron chi connectivity index (χ3n) is 4.17. The van der Waals surface area contributed by atoms with Gasteiger partial charge in [0.1, 0.15) is 0 Å². The standard InChI is InChI=1S/C19H11ClN4O4/c20-13-6-4-11(5-7-13)15-8-17-21-9-12(10-23(17)22-15)18(25)14-2-1-3-16(19(14)26)24(27)28/h1-10,26H. The summed E-state index contributed by atoms with van der Waals surface area (Å²) >= 11 is 5.90. The molecule has 0 bridgehead atoms. The number of rotatable bonds is 4. The smallest absolute Gasteiger partial charge is 0.311 e. The number of phenolic OH excluding ortho intramolecular Hbond substituents is 1. The van der Waals surface area contributed by atoms with Gasteiger partial charge < -0.3 is 5.11 Å². The van der Waals surface area contributed by atoms with Gasteiger partial charge in [-0.2, -0.15) is 5.10 Å². The molecular weight excluding hydrogens is 384 g/mol. The van der Waals surface area contributed by atoms with Crippen molar-refractivity contribution in [3.8, 4) is 17.0 Å². The highest BCUT2D eigenvalue weighted by atomic mass is 35.5. The largest absolute Gasteiger partial charge is 0.502 e. The van der Waals surface area contributed by atoms with E-state index in [1.807, 2.05) is 12.1 Å². The summed E-state index contributed by atoms with van der Waals surface area (Å²) in [5, 5.41) is 26.0. The van der Waals surface area contributed by atoms with Crippen molar-refractivity contribution in [1.82, 2.24) is 14.6 Å². The number of para-hydroxylation sites is 1. The van der Waals surface area contributed by atoms with E-state index < -0.39 is 22.1 Å². The number of nitro benzene ring substituents is 1. The van der Waals surface area contributed by atoms with Crippen molar-refractivity contribution >= 4 is 28.7 Å². The van der Waals surface area contributed by atoms with Crippen molar-refractivity contribution in [1.29, 1.82) is 0 Å². The topological polar surface area (TPSA) is 111 Å². The Morgan fingerprint density at radius 2 is 1.93 bits per heavy atom. The number of nitrogens with zero attached hydrogens (tertiary/aromatic N) is 4. The van der Waals surface area contributed by atoms with Crippen LogP contribution in [0.15, 0.2) is 60.9 Å². The van der Waals surface area contributed by atoms with Gasteiger partial charge in [-0.1, -0.05) is 29.8 Å². The molecular formula is C19H11ClN4O4. The zero-order valence-electron chi connectivity index (χ0n) is 14.1. The number of fused-ring (bicyclic) bond motifs is 1. The summed E-state index contributed by atoms with van der Waals surface area (Å²) in [6, 6.07) is 12.7. The third-order valence-corrected chi connectivity index (χ3v) is 4.42. The molecule has 0 atom stereocenters. The molecule has 0 saturated heterocycles. The summed E-state index contributed by atoms with van der Waals surface area (Å²) in [7, 11) is 0. The normalized spacial score (nSPS) is 10.9. The van der Waals surface area contributed by atoms with E-state index in [2.05, 4.69) is 10.1 Å². The van der Waals surface area contributed by atoms with Gasteiger partial charge in [0.05, 0.1) is 21.7 Å². The molecule has 0 amide bonds. The fraction of sp³-hybridized carbons (Fsp3) is 0. The summed E-state index contributed by atoms with van der Waals surface area (Å²) in [5.74, 6) is -1.28. The molecule has 0 saturated carbocycles. The predicted molar refractivity (Wildman–Crippen MR) is 102 cm³/mol. The lowest BCUT2D eigenvalue weighted by Crippen LogP contribution is -2.06. The fourth-order valence-electron chi connectivity index (χ4n) is 2.77. The molecule has 0 radical (unpaired) electrons. The first-order valence-corrected chi connectivity index (χ1v) is 8.44. The van der Waals surface area contributed by atoms with Crippen LogP contribution < -0.4 is 0 Å². The maximum absolute atomic E-state index is 12.7. The average Bonchev–Trinajstić information content (AvgIpc) is 3.11. The van der Waals surface area contributed by atoms with Crippen LogP contribution in [0.3, 0.4) is 0 Å². The Balaban J connectivity index is 1.74. The quantitative estimate of drug-likeness (QED) is 0.319. The van der Waals surface area contributed by atoms with Crippen LogP contribution in [-0.2, 0) is 0 Å². The second kappa shape index (κ2) is 6.75. The number of benzene rings is 2. The molecule has 8 nitrogen and oxygen atoms in total. The van der Waals surface area contributed by atoms with Gasteiger partial charge in [0, 0.05) is 35.1 Å². The average molecular weight is 395 g/mol. The van der Waals surface area contributed by atoms with Crippen LogP contribution in [0.5, 0.6) is 5.75 Å². The van der Waals surface area contributed by atoms with Crippen LogP contribution in [0.2, 0.25) is 5.02 Å². The molecule has 0 spiro atoms. The SMILES string of the molecule is O=C(c1cnc2cc(-c3ccc(Cl)cc3)nn2c1)c1cccc([N+](=O)[O-])c1O. The number of phenols is 1. The van der Waals surface area contributed by atoms with E-state index in [1.54, 1.807) is 18.2 Å². The maximum Gasteiger partial charge on any atom is 0.311 e. The Labute approximate surface area is 162 Å². The lowest BCUT2D eigenvalue weighted by Gasteiger charge is -2.04. The first-order chi connectivity index (χ1) is 13.4. The van der Waals surface area contributed by atoms with Gasteiger partial charge >= 0.3 is 5.69 Å². The van der Waals surface area contributed by atoms with Crippen LogP contribution in [0.25, 0.3) is 16.9 Å². The minimum atomic E-state index is -0.751. The summed E-state index contributed by atoms with van der Waals surface area (Å²) in [6.07, 6.45) is 2.80. The zero-order chi connectivity index (χ0) is 19.8. The van der Waals surface area contributed by atoms with Crippen molar-refractivity contribution in [3.63, 3.8) is 0 Å². The molecule has 2 aromatic carbocycles. The molecule has 0 aliphatic carbocycles. The van der Waals surface area contributed by atoms with E-state index >= 15 is 0 Å². The first-order valence-electron chi connectivity index (χ1n) is 8.06. The van der Waals surface area contributed by atoms with E-state index in [0.29, 0.717) is 16.4 Å². The van der Waals surface area contributed by atoms with Crippen molar-refractivity contribution in [2.24, 2.45) is 0 Å². The third kappa shape index (κ3) is 3.06. The molecule has 4 aromatic rings. The van der Waals surface area contributed by atoms with Crippen molar-refractivity contribution < 1.29 is 14.8 Å². The Morgan fingerprint density at radius 3 is 2.64 bits per heavy atom. The molecule has 0 unspecified atom stereocenters. The number of nitro groups is 1. The molecule has 2 heterocycles. The number of aromatic nitrogens is 3. The van der Waals surface area contributed by atoms with Crippen LogP contribution in [0, 0.1) is 10.1 Å². The molecule has 28 heavy (non-hydrogen) atoms. The number of carbonyl (C=O) groups is 1. The highest BCUT2D eigenvalue weighted by molar-refractivity contribution is 6.30. The molecule has 4 rings (SSSR count). The molecule has 1 N–H and O–H groups in total. The van der Waals surface area contributed by atoms with Gasteiger partial charge in [0.15, 0.2) is 11.4 Å². The van der Waals surface area contributed by atoms with Crippen LogP contribution in [-0.4, -0.2) is 30.4 Å². The number of ketones is 1. The minimum absolute atomic E-state index is 0.133. The van der Waals surface area contributed by atoms with Crippen LogP contribution in [0.4, 0.5) is 5.69 Å². The summed E-state index contributed by atoms with van der Waals surface area (Å²) in [6.45, 7) is 0. The second-order valence-electron chi connectivity index (χ2n) is 5.94. The van der Waals surface area contributed by atoms with Crippen LogP contribution in [0.1, 0.15) is 15.9 Å². The fourth-order valence-corrected chi connectivity index (χ4v) is 2.90. The maximum atomic E-state index is 12.7.